The quantitative estimate of drug-likeness (QED) is 0.0217. The molecule has 26 nitrogen and oxygen atoms in total. The van der Waals surface area contributed by atoms with E-state index >= 15 is 0 Å². The van der Waals surface area contributed by atoms with Crippen molar-refractivity contribution in [1.29, 1.82) is 0 Å². The second kappa shape index (κ2) is 33.8. The van der Waals surface area contributed by atoms with Gasteiger partial charge in [0.25, 0.3) is 11.8 Å². The Morgan fingerprint density at radius 2 is 1.49 bits per heavy atom. The predicted octanol–water partition coefficient (Wildman–Crippen LogP) is 4.64. The molecule has 0 saturated carbocycles. The lowest BCUT2D eigenvalue weighted by molar-refractivity contribution is -0.137. The maximum Gasteiger partial charge on any atom is 0.319 e. The molecule has 8 amide bonds. The highest BCUT2D eigenvalue weighted by Crippen LogP contribution is 2.32. The number of anilines is 3. The number of carbonyl (C=O) groups excluding carboxylic acids is 7. The zero-order valence-corrected chi connectivity index (χ0v) is 52.6. The normalized spacial score (nSPS) is 15.9. The van der Waals surface area contributed by atoms with Crippen LogP contribution in [-0.4, -0.2) is 213 Å². The molecule has 0 radical (unpaired) electrons. The number of aromatic nitrogens is 4. The summed E-state index contributed by atoms with van der Waals surface area (Å²) in [5.74, 6) is -1.54. The van der Waals surface area contributed by atoms with E-state index in [0.29, 0.717) is 145 Å². The standard InChI is InChI=1S/C63H82ClN13O13/c1-41-42(2)51(13-11-45(41)35-55(80)73(3)4)70-61(82)57-56-58(65)67-40-68-59(56)77(72-57)49-8-6-18-75(39-49)54(79)9-7-17-74(5)19-21-86-23-25-88-27-29-90-31-30-89-28-26-87-24-22-85-20-16-43-33-47(64)36-48(34-43)69-63(84)66-37-44-10-12-50-46(32-44)38-76(62(50)83)52-14-15-53(78)71-60(52)81/h7,9-13,32-34,36,40,49,52H,6,8,14-31,35,37-39H2,1-5H3,(H,70,82)(H2,65,67,68)(H2,66,69,84)(H,71,78,81)/b9-7+/t49-,52?/m1/s1. The zero-order chi connectivity index (χ0) is 64.1. The number of piperidine rings is 2. The second-order valence-corrected chi connectivity index (χ2v) is 22.8. The summed E-state index contributed by atoms with van der Waals surface area (Å²) in [6.07, 6.45) is 7.51. The summed E-state index contributed by atoms with van der Waals surface area (Å²) in [6.45, 7) is 11.5. The molecule has 27 heteroatoms. The molecule has 5 aromatic rings. The van der Waals surface area contributed by atoms with Crippen LogP contribution in [0, 0.1) is 13.8 Å². The Balaban J connectivity index is 0.605. The first-order chi connectivity index (χ1) is 43.4. The van der Waals surface area contributed by atoms with E-state index in [2.05, 4.69) is 36.1 Å². The first kappa shape index (κ1) is 68.0. The number of likely N-dealkylation sites (tertiary alicyclic amines) is 1. The number of nitrogens with two attached hydrogens (primary N) is 1. The Labute approximate surface area is 528 Å². The molecule has 2 saturated heterocycles. The van der Waals surface area contributed by atoms with E-state index in [1.807, 2.05) is 51.2 Å². The molecule has 3 aromatic carbocycles. The van der Waals surface area contributed by atoms with Gasteiger partial charge in [-0.25, -0.2) is 19.4 Å². The van der Waals surface area contributed by atoms with Gasteiger partial charge in [-0.15, -0.1) is 0 Å². The summed E-state index contributed by atoms with van der Waals surface area (Å²) in [5.41, 5.74) is 13.5. The highest BCUT2D eigenvalue weighted by molar-refractivity contribution is 6.31. The van der Waals surface area contributed by atoms with Gasteiger partial charge in [0.1, 0.15) is 18.2 Å². The van der Waals surface area contributed by atoms with Gasteiger partial charge >= 0.3 is 6.03 Å². The van der Waals surface area contributed by atoms with Gasteiger partial charge < -0.3 is 69.7 Å². The van der Waals surface area contributed by atoms with Crippen molar-refractivity contribution in [1.82, 2.24) is 50.0 Å². The Bertz CT molecular complexity index is 3380. The minimum absolute atomic E-state index is 0.0173. The number of likely N-dealkylation sites (N-methyl/N-ethyl adjacent to an activating group) is 2. The number of nitrogens with one attached hydrogen (secondary N) is 4. The first-order valence-corrected chi connectivity index (χ1v) is 30.6. The number of nitrogens with zero attached hydrogens (tertiary/aromatic N) is 8. The van der Waals surface area contributed by atoms with Crippen molar-refractivity contribution < 1.29 is 62.0 Å². The van der Waals surface area contributed by atoms with E-state index in [0.717, 1.165) is 46.2 Å². The van der Waals surface area contributed by atoms with E-state index in [4.69, 9.17) is 50.9 Å². The van der Waals surface area contributed by atoms with Gasteiger partial charge in [-0.1, -0.05) is 35.9 Å². The van der Waals surface area contributed by atoms with E-state index in [-0.39, 0.29) is 73.5 Å². The number of benzene rings is 3. The molecule has 6 N–H and O–H groups in total. The minimum Gasteiger partial charge on any atom is -0.383 e. The van der Waals surface area contributed by atoms with Crippen LogP contribution < -0.4 is 27.0 Å². The van der Waals surface area contributed by atoms with Crippen LogP contribution in [0.3, 0.4) is 0 Å². The van der Waals surface area contributed by atoms with Crippen LogP contribution in [0.1, 0.15) is 86.0 Å². The fourth-order valence-corrected chi connectivity index (χ4v) is 10.8. The van der Waals surface area contributed by atoms with Crippen molar-refractivity contribution >= 4 is 81.3 Å². The lowest BCUT2D eigenvalue weighted by atomic mass is 9.98. The molecular weight excluding hydrogens is 1180 g/mol. The molecule has 2 fully saturated rings. The molecular formula is C63H82ClN13O13. The maximum atomic E-state index is 13.9. The number of amides is 8. The average molecular weight is 1260 g/mol. The molecule has 1 unspecified atom stereocenters. The Hall–Kier alpha value is -7.95. The SMILES string of the molecule is Cc1c(CC(=O)N(C)C)ccc(NC(=O)c2nn([C@@H]3CCCN(C(=O)/C=C/CN(C)CCOCCOCCOCCOCCOCCOCCc4cc(Cl)cc(NC(=O)NCc5ccc6c(c5)CN(C5CCC(=O)NC5=O)C6=O)c4)C3)c3ncnc(N)c23)c1C. The molecule has 3 aliphatic rings. The number of rotatable bonds is 33. The Morgan fingerprint density at radius 1 is 0.800 bits per heavy atom. The predicted molar refractivity (Wildman–Crippen MR) is 336 cm³/mol. The topological polar surface area (TPSA) is 306 Å². The molecule has 0 spiro atoms. The second-order valence-electron chi connectivity index (χ2n) is 22.4. The van der Waals surface area contributed by atoms with Crippen LogP contribution >= 0.6 is 11.6 Å². The molecule has 2 atom stereocenters. The number of fused-ring (bicyclic) bond motifs is 2. The van der Waals surface area contributed by atoms with Crippen molar-refractivity contribution in [3.8, 4) is 0 Å². The number of hydrogen-bond acceptors (Lipinski definition) is 18. The Morgan fingerprint density at radius 3 is 2.18 bits per heavy atom. The number of imide groups is 1. The molecule has 484 valence electrons. The summed E-state index contributed by atoms with van der Waals surface area (Å²) >= 11 is 6.37. The van der Waals surface area contributed by atoms with E-state index in [1.54, 1.807) is 58.9 Å². The van der Waals surface area contributed by atoms with Crippen LogP contribution in [0.2, 0.25) is 5.02 Å². The smallest absolute Gasteiger partial charge is 0.319 e. The van der Waals surface area contributed by atoms with Crippen LogP contribution in [0.5, 0.6) is 0 Å². The van der Waals surface area contributed by atoms with E-state index < -0.39 is 23.9 Å². The van der Waals surface area contributed by atoms with Crippen molar-refractivity contribution in [3.63, 3.8) is 0 Å². The fraction of sp³-hybridized carbons (Fsp3) is 0.492. The first-order valence-electron chi connectivity index (χ1n) is 30.2. The summed E-state index contributed by atoms with van der Waals surface area (Å²) in [7, 11) is 5.39. The molecule has 3 aliphatic heterocycles. The van der Waals surface area contributed by atoms with Crippen LogP contribution in [0.4, 0.5) is 22.0 Å². The summed E-state index contributed by atoms with van der Waals surface area (Å²) < 4.78 is 35.6. The third kappa shape index (κ3) is 19.3. The van der Waals surface area contributed by atoms with Crippen molar-refractivity contribution in [2.75, 3.05) is 143 Å². The molecule has 2 aromatic heterocycles. The van der Waals surface area contributed by atoms with Gasteiger partial charge in [-0.3, -0.25) is 34.1 Å². The number of urea groups is 1. The zero-order valence-electron chi connectivity index (χ0n) is 51.8. The van der Waals surface area contributed by atoms with Crippen molar-refractivity contribution in [2.24, 2.45) is 0 Å². The highest BCUT2D eigenvalue weighted by Gasteiger charge is 2.39. The largest absolute Gasteiger partial charge is 0.383 e. The molecule has 0 aliphatic carbocycles. The maximum absolute atomic E-state index is 13.9. The summed E-state index contributed by atoms with van der Waals surface area (Å²) in [4.78, 5) is 105. The molecule has 0 bridgehead atoms. The summed E-state index contributed by atoms with van der Waals surface area (Å²) in [6, 6.07) is 12.8. The fourth-order valence-electron chi connectivity index (χ4n) is 10.6. The van der Waals surface area contributed by atoms with Crippen molar-refractivity contribution in [2.45, 2.75) is 77.5 Å². The van der Waals surface area contributed by atoms with Gasteiger partial charge in [-0.05, 0) is 110 Å². The lowest BCUT2D eigenvalue weighted by Crippen LogP contribution is -2.52. The molecule has 8 rings (SSSR count). The average Bonchev–Trinajstić information content (AvgIpc) is 1.65. The lowest BCUT2D eigenvalue weighted by Gasteiger charge is -2.32. The van der Waals surface area contributed by atoms with Crippen LogP contribution in [0.15, 0.2) is 67.0 Å². The van der Waals surface area contributed by atoms with Gasteiger partial charge in [-0.2, -0.15) is 5.10 Å². The Kier molecular flexibility index (Phi) is 25.5. The minimum atomic E-state index is -0.697. The van der Waals surface area contributed by atoms with Crippen LogP contribution in [-0.2, 0) is 73.5 Å². The van der Waals surface area contributed by atoms with Crippen molar-refractivity contribution in [3.05, 3.63) is 117 Å². The number of ether oxygens (including phenoxy) is 6. The van der Waals surface area contributed by atoms with E-state index in [9.17, 15) is 33.6 Å². The number of nitrogen functional groups attached to an aromatic ring is 1. The van der Waals surface area contributed by atoms with E-state index in [1.165, 1.54) is 11.2 Å². The van der Waals surface area contributed by atoms with Gasteiger partial charge in [0.15, 0.2) is 11.3 Å². The highest BCUT2D eigenvalue weighted by atomic mass is 35.5. The van der Waals surface area contributed by atoms with Crippen LogP contribution in [0.25, 0.3) is 11.0 Å². The number of halogens is 1. The molecule has 5 heterocycles. The molecule has 90 heavy (non-hydrogen) atoms. The third-order valence-corrected chi connectivity index (χ3v) is 15.9. The van der Waals surface area contributed by atoms with Gasteiger partial charge in [0.05, 0.1) is 97.1 Å². The van der Waals surface area contributed by atoms with Gasteiger partial charge in [0.2, 0.25) is 23.6 Å². The third-order valence-electron chi connectivity index (χ3n) is 15.7. The van der Waals surface area contributed by atoms with Gasteiger partial charge in [0, 0.05) is 87.8 Å². The number of hydrogen-bond donors (Lipinski definition) is 5. The monoisotopic (exact) mass is 1260 g/mol. The number of carbonyl (C=O) groups is 7. The summed E-state index contributed by atoms with van der Waals surface area (Å²) in [5, 5.41) is 16.5.